The molecule has 0 atom stereocenters. The topological polar surface area (TPSA) is 28.7 Å². The van der Waals surface area contributed by atoms with Gasteiger partial charge < -0.3 is 4.98 Å². The summed E-state index contributed by atoms with van der Waals surface area (Å²) in [7, 11) is 0. The number of aromatic amines is 1. The minimum Gasteiger partial charge on any atom is -0.346 e. The van der Waals surface area contributed by atoms with Crippen LogP contribution in [0.5, 0.6) is 0 Å². The summed E-state index contributed by atoms with van der Waals surface area (Å²) in [6.07, 6.45) is 1.95. The van der Waals surface area contributed by atoms with Crippen LogP contribution in [-0.2, 0) is 5.41 Å². The van der Waals surface area contributed by atoms with E-state index in [1.54, 1.807) is 0 Å². The predicted molar refractivity (Wildman–Crippen MR) is 68.9 cm³/mol. The summed E-state index contributed by atoms with van der Waals surface area (Å²) in [5, 5.41) is 1.20. The molecule has 0 aromatic carbocycles. The number of hydrogen-bond acceptors (Lipinski definition) is 1. The maximum Gasteiger partial charge on any atom is 0.137 e. The van der Waals surface area contributed by atoms with Crippen molar-refractivity contribution in [1.29, 1.82) is 0 Å². The van der Waals surface area contributed by atoms with E-state index in [2.05, 4.69) is 51.7 Å². The summed E-state index contributed by atoms with van der Waals surface area (Å²) in [5.41, 5.74) is 3.71. The normalized spacial score (nSPS) is 12.6. The van der Waals surface area contributed by atoms with Crippen LogP contribution in [0.1, 0.15) is 51.8 Å². The number of aromatic nitrogens is 2. The molecule has 0 aliphatic carbocycles. The highest BCUT2D eigenvalue weighted by atomic mass is 14.9. The molecule has 2 rings (SSSR count). The van der Waals surface area contributed by atoms with Crippen molar-refractivity contribution in [3.05, 3.63) is 29.6 Å². The Kier molecular flexibility index (Phi) is 2.53. The summed E-state index contributed by atoms with van der Waals surface area (Å²) >= 11 is 0. The molecular weight excluding hydrogens is 196 g/mol. The fraction of sp³-hybridized carbons (Fsp3) is 0.500. The van der Waals surface area contributed by atoms with Crippen molar-refractivity contribution in [3.63, 3.8) is 0 Å². The van der Waals surface area contributed by atoms with E-state index >= 15 is 0 Å². The molecule has 0 saturated heterocycles. The van der Waals surface area contributed by atoms with E-state index in [0.717, 1.165) is 5.65 Å². The van der Waals surface area contributed by atoms with Crippen LogP contribution in [-0.4, -0.2) is 9.97 Å². The summed E-state index contributed by atoms with van der Waals surface area (Å²) in [6.45, 7) is 11.1. The monoisotopic (exact) mass is 216 g/mol. The summed E-state index contributed by atoms with van der Waals surface area (Å²) in [5.74, 6) is 0.460. The predicted octanol–water partition coefficient (Wildman–Crippen LogP) is 3.98. The van der Waals surface area contributed by atoms with Crippen LogP contribution in [0.25, 0.3) is 11.0 Å². The third-order valence-corrected chi connectivity index (χ3v) is 2.92. The molecule has 2 heteroatoms. The lowest BCUT2D eigenvalue weighted by Gasteiger charge is -2.24. The van der Waals surface area contributed by atoms with Crippen molar-refractivity contribution in [3.8, 4) is 0 Å². The molecule has 0 amide bonds. The fourth-order valence-electron chi connectivity index (χ4n) is 2.04. The second-order valence-corrected chi connectivity index (χ2v) is 5.74. The molecule has 0 spiro atoms. The van der Waals surface area contributed by atoms with Gasteiger partial charge in [-0.2, -0.15) is 0 Å². The highest BCUT2D eigenvalue weighted by Crippen LogP contribution is 2.31. The summed E-state index contributed by atoms with van der Waals surface area (Å²) in [4.78, 5) is 7.93. The summed E-state index contributed by atoms with van der Waals surface area (Å²) in [6, 6.07) is 4.36. The molecule has 0 bridgehead atoms. The molecule has 0 fully saturated rings. The Bertz CT molecular complexity index is 501. The molecule has 0 aliphatic rings. The Labute approximate surface area is 97.1 Å². The maximum absolute atomic E-state index is 4.75. The van der Waals surface area contributed by atoms with Crippen LogP contribution in [0.3, 0.4) is 0 Å². The lowest BCUT2D eigenvalue weighted by Crippen LogP contribution is -2.16. The number of rotatable bonds is 1. The van der Waals surface area contributed by atoms with Gasteiger partial charge in [-0.15, -0.1) is 0 Å². The van der Waals surface area contributed by atoms with E-state index in [-0.39, 0.29) is 5.41 Å². The SMILES string of the molecule is CC(C)c1nc2[nH]ccc2cc1C(C)(C)C. The number of H-pyrrole nitrogens is 1. The van der Waals surface area contributed by atoms with Gasteiger partial charge in [-0.1, -0.05) is 34.6 Å². The van der Waals surface area contributed by atoms with Gasteiger partial charge in [0.05, 0.1) is 0 Å². The zero-order valence-electron chi connectivity index (χ0n) is 10.8. The van der Waals surface area contributed by atoms with E-state index in [0.29, 0.717) is 5.92 Å². The summed E-state index contributed by atoms with van der Waals surface area (Å²) < 4.78 is 0. The molecule has 86 valence electrons. The molecule has 0 saturated carbocycles. The van der Waals surface area contributed by atoms with E-state index in [1.807, 2.05) is 6.20 Å². The highest BCUT2D eigenvalue weighted by molar-refractivity contribution is 5.76. The van der Waals surface area contributed by atoms with Crippen LogP contribution in [0.4, 0.5) is 0 Å². The molecular formula is C14H20N2. The van der Waals surface area contributed by atoms with Gasteiger partial charge in [0, 0.05) is 17.3 Å². The zero-order valence-corrected chi connectivity index (χ0v) is 10.8. The second kappa shape index (κ2) is 3.62. The molecule has 0 radical (unpaired) electrons. The van der Waals surface area contributed by atoms with Gasteiger partial charge in [0.25, 0.3) is 0 Å². The molecule has 0 unspecified atom stereocenters. The van der Waals surface area contributed by atoms with E-state index in [1.165, 1.54) is 16.6 Å². The third kappa shape index (κ3) is 1.84. The average Bonchev–Trinajstić information content (AvgIpc) is 2.60. The Hall–Kier alpha value is -1.31. The minimum atomic E-state index is 0.151. The lowest BCUT2D eigenvalue weighted by atomic mass is 9.83. The molecule has 1 N–H and O–H groups in total. The number of fused-ring (bicyclic) bond motifs is 1. The molecule has 2 heterocycles. The molecule has 0 aliphatic heterocycles. The minimum absolute atomic E-state index is 0.151. The van der Waals surface area contributed by atoms with Gasteiger partial charge >= 0.3 is 0 Å². The quantitative estimate of drug-likeness (QED) is 0.767. The molecule has 2 aromatic heterocycles. The Morgan fingerprint density at radius 2 is 1.94 bits per heavy atom. The van der Waals surface area contributed by atoms with Crippen LogP contribution in [0.2, 0.25) is 0 Å². The molecule has 2 nitrogen and oxygen atoms in total. The Balaban J connectivity index is 2.72. The van der Waals surface area contributed by atoms with Gasteiger partial charge in [0.15, 0.2) is 0 Å². The number of pyridine rings is 1. The second-order valence-electron chi connectivity index (χ2n) is 5.74. The first-order valence-corrected chi connectivity index (χ1v) is 5.88. The van der Waals surface area contributed by atoms with Crippen molar-refractivity contribution < 1.29 is 0 Å². The van der Waals surface area contributed by atoms with Crippen molar-refractivity contribution in [2.75, 3.05) is 0 Å². The fourth-order valence-corrected chi connectivity index (χ4v) is 2.04. The van der Waals surface area contributed by atoms with E-state index in [9.17, 15) is 0 Å². The molecule has 2 aromatic rings. The van der Waals surface area contributed by atoms with Crippen molar-refractivity contribution in [2.24, 2.45) is 0 Å². The van der Waals surface area contributed by atoms with E-state index < -0.39 is 0 Å². The third-order valence-electron chi connectivity index (χ3n) is 2.92. The van der Waals surface area contributed by atoms with Gasteiger partial charge in [-0.05, 0) is 29.0 Å². The average molecular weight is 216 g/mol. The Morgan fingerprint density at radius 3 is 2.50 bits per heavy atom. The van der Waals surface area contributed by atoms with Gasteiger partial charge in [-0.3, -0.25) is 0 Å². The first-order valence-electron chi connectivity index (χ1n) is 5.88. The van der Waals surface area contributed by atoms with Gasteiger partial charge in [0.2, 0.25) is 0 Å². The first kappa shape index (κ1) is 11.2. The van der Waals surface area contributed by atoms with E-state index in [4.69, 9.17) is 4.98 Å². The largest absolute Gasteiger partial charge is 0.346 e. The van der Waals surface area contributed by atoms with Crippen molar-refractivity contribution in [1.82, 2.24) is 9.97 Å². The smallest absolute Gasteiger partial charge is 0.137 e. The van der Waals surface area contributed by atoms with Gasteiger partial charge in [0.1, 0.15) is 5.65 Å². The lowest BCUT2D eigenvalue weighted by molar-refractivity contribution is 0.572. The number of nitrogens with zero attached hydrogens (tertiary/aromatic N) is 1. The zero-order chi connectivity index (χ0) is 11.9. The van der Waals surface area contributed by atoms with Crippen LogP contribution >= 0.6 is 0 Å². The highest BCUT2D eigenvalue weighted by Gasteiger charge is 2.21. The number of hydrogen-bond donors (Lipinski definition) is 1. The Morgan fingerprint density at radius 1 is 1.25 bits per heavy atom. The van der Waals surface area contributed by atoms with Crippen LogP contribution < -0.4 is 0 Å². The van der Waals surface area contributed by atoms with Gasteiger partial charge in [-0.25, -0.2) is 4.98 Å². The van der Waals surface area contributed by atoms with Crippen molar-refractivity contribution in [2.45, 2.75) is 46.0 Å². The standard InChI is InChI=1S/C14H20N2/c1-9(2)12-11(14(3,4)5)8-10-6-7-15-13(10)16-12/h6-9H,1-5H3,(H,15,16). The first-order chi connectivity index (χ1) is 7.39. The van der Waals surface area contributed by atoms with Crippen LogP contribution in [0, 0.1) is 0 Å². The maximum atomic E-state index is 4.75. The molecule has 16 heavy (non-hydrogen) atoms. The number of nitrogens with one attached hydrogen (secondary N) is 1. The van der Waals surface area contributed by atoms with Crippen LogP contribution in [0.15, 0.2) is 18.3 Å². The van der Waals surface area contributed by atoms with Crippen molar-refractivity contribution >= 4 is 11.0 Å².